The molecule has 4 heteroatoms. The molecule has 2 aromatic carbocycles. The molecule has 3 rings (SSSR count). The Kier molecular flexibility index (Phi) is 6.40. The zero-order chi connectivity index (χ0) is 18.4. The van der Waals surface area contributed by atoms with Gasteiger partial charge in [-0.2, -0.15) is 0 Å². The Hall–Kier alpha value is -2.20. The highest BCUT2D eigenvalue weighted by Gasteiger charge is 2.20. The van der Waals surface area contributed by atoms with E-state index in [9.17, 15) is 9.18 Å². The van der Waals surface area contributed by atoms with Crippen molar-refractivity contribution in [1.29, 1.82) is 0 Å². The third kappa shape index (κ3) is 5.40. The van der Waals surface area contributed by atoms with Gasteiger partial charge in [-0.1, -0.05) is 48.0 Å². The van der Waals surface area contributed by atoms with E-state index in [4.69, 9.17) is 0 Å². The van der Waals surface area contributed by atoms with Crippen LogP contribution in [0.25, 0.3) is 0 Å². The number of benzene rings is 2. The van der Waals surface area contributed by atoms with Gasteiger partial charge in [0.25, 0.3) is 0 Å². The van der Waals surface area contributed by atoms with Gasteiger partial charge in [-0.3, -0.25) is 9.69 Å². The number of nitrogens with one attached hydrogen (secondary N) is 1. The summed E-state index contributed by atoms with van der Waals surface area (Å²) in [5.41, 5.74) is 3.24. The normalized spacial score (nSPS) is 15.8. The van der Waals surface area contributed by atoms with Gasteiger partial charge in [0, 0.05) is 32.1 Å². The number of halogens is 1. The lowest BCUT2D eigenvalue weighted by Gasteiger charge is -2.32. The minimum absolute atomic E-state index is 0.0189. The first kappa shape index (κ1) is 18.6. The Morgan fingerprint density at radius 2 is 1.92 bits per heavy atom. The fourth-order valence-corrected chi connectivity index (χ4v) is 3.55. The van der Waals surface area contributed by atoms with Gasteiger partial charge in [-0.05, 0) is 43.4 Å². The number of nitrogens with zero attached hydrogens (tertiary/aromatic N) is 1. The zero-order valence-corrected chi connectivity index (χ0v) is 15.4. The average Bonchev–Trinajstić information content (AvgIpc) is 2.63. The number of aryl methyl sites for hydroxylation is 2. The van der Waals surface area contributed by atoms with Gasteiger partial charge in [0.1, 0.15) is 5.82 Å². The Morgan fingerprint density at radius 1 is 1.15 bits per heavy atom. The Labute approximate surface area is 155 Å². The molecule has 0 unspecified atom stereocenters. The van der Waals surface area contributed by atoms with Gasteiger partial charge in [0.05, 0.1) is 0 Å². The fourth-order valence-electron chi connectivity index (χ4n) is 3.55. The van der Waals surface area contributed by atoms with Gasteiger partial charge in [-0.25, -0.2) is 4.39 Å². The molecule has 0 atom stereocenters. The van der Waals surface area contributed by atoms with Crippen LogP contribution < -0.4 is 5.32 Å². The molecule has 1 amide bonds. The summed E-state index contributed by atoms with van der Waals surface area (Å²) >= 11 is 0. The number of hydrogen-bond donors (Lipinski definition) is 1. The number of rotatable bonds is 6. The van der Waals surface area contributed by atoms with Crippen LogP contribution in [-0.4, -0.2) is 29.9 Å². The summed E-state index contributed by atoms with van der Waals surface area (Å²) in [5, 5.41) is 3.11. The molecule has 0 spiro atoms. The van der Waals surface area contributed by atoms with Crippen molar-refractivity contribution in [1.82, 2.24) is 10.2 Å². The third-order valence-corrected chi connectivity index (χ3v) is 5.02. The lowest BCUT2D eigenvalue weighted by atomic mass is 10.0. The second-order valence-electron chi connectivity index (χ2n) is 7.20. The van der Waals surface area contributed by atoms with E-state index in [0.29, 0.717) is 18.4 Å². The molecule has 1 heterocycles. The van der Waals surface area contributed by atoms with Crippen LogP contribution in [0, 0.1) is 12.7 Å². The number of amides is 1. The number of piperidine rings is 1. The van der Waals surface area contributed by atoms with Crippen LogP contribution in [0.1, 0.15) is 36.0 Å². The van der Waals surface area contributed by atoms with Crippen molar-refractivity contribution >= 4 is 5.91 Å². The van der Waals surface area contributed by atoms with Crippen molar-refractivity contribution in [3.63, 3.8) is 0 Å². The molecule has 0 bridgehead atoms. The van der Waals surface area contributed by atoms with Gasteiger partial charge < -0.3 is 5.32 Å². The minimum atomic E-state index is -0.232. The Morgan fingerprint density at radius 3 is 2.65 bits per heavy atom. The third-order valence-electron chi connectivity index (χ3n) is 5.02. The van der Waals surface area contributed by atoms with Crippen LogP contribution in [-0.2, 0) is 17.8 Å². The molecule has 0 radical (unpaired) electrons. The van der Waals surface area contributed by atoms with E-state index in [-0.39, 0.29) is 17.8 Å². The molecule has 1 aliphatic rings. The van der Waals surface area contributed by atoms with Gasteiger partial charge in [-0.15, -0.1) is 0 Å². The first-order chi connectivity index (χ1) is 12.6. The highest BCUT2D eigenvalue weighted by atomic mass is 19.1. The van der Waals surface area contributed by atoms with Crippen molar-refractivity contribution in [2.75, 3.05) is 13.1 Å². The Bertz CT molecular complexity index is 738. The Balaban J connectivity index is 1.39. The average molecular weight is 354 g/mol. The number of carbonyl (C=O) groups is 1. The van der Waals surface area contributed by atoms with Crippen molar-refractivity contribution in [3.8, 4) is 0 Å². The summed E-state index contributed by atoms with van der Waals surface area (Å²) in [5.74, 6) is -0.213. The molecule has 3 nitrogen and oxygen atoms in total. The van der Waals surface area contributed by atoms with E-state index >= 15 is 0 Å². The summed E-state index contributed by atoms with van der Waals surface area (Å²) < 4.78 is 13.6. The first-order valence-corrected chi connectivity index (χ1v) is 9.41. The molecule has 138 valence electrons. The maximum atomic E-state index is 13.6. The predicted molar refractivity (Wildman–Crippen MR) is 102 cm³/mol. The summed E-state index contributed by atoms with van der Waals surface area (Å²) in [6, 6.07) is 15.5. The number of carbonyl (C=O) groups excluding carboxylic acids is 1. The fraction of sp³-hybridized carbons (Fsp3) is 0.409. The van der Waals surface area contributed by atoms with E-state index in [2.05, 4.69) is 41.4 Å². The molecule has 26 heavy (non-hydrogen) atoms. The first-order valence-electron chi connectivity index (χ1n) is 9.41. The topological polar surface area (TPSA) is 32.3 Å². The molecule has 0 aromatic heterocycles. The zero-order valence-electron chi connectivity index (χ0n) is 15.4. The number of hydrogen-bond acceptors (Lipinski definition) is 2. The molecule has 1 fully saturated rings. The molecule has 0 aliphatic carbocycles. The van der Waals surface area contributed by atoms with Crippen molar-refractivity contribution < 1.29 is 9.18 Å². The molecule has 0 saturated carbocycles. The lowest BCUT2D eigenvalue weighted by molar-refractivity contribution is -0.122. The maximum Gasteiger partial charge on any atom is 0.220 e. The molecular formula is C22H27FN2O. The molecule has 1 saturated heterocycles. The van der Waals surface area contributed by atoms with Crippen LogP contribution in [0.5, 0.6) is 0 Å². The summed E-state index contributed by atoms with van der Waals surface area (Å²) in [7, 11) is 0. The minimum Gasteiger partial charge on any atom is -0.353 e. The van der Waals surface area contributed by atoms with Crippen LogP contribution in [0.2, 0.25) is 0 Å². The molecular weight excluding hydrogens is 327 g/mol. The van der Waals surface area contributed by atoms with Crippen LogP contribution in [0.4, 0.5) is 4.39 Å². The van der Waals surface area contributed by atoms with E-state index < -0.39 is 0 Å². The largest absolute Gasteiger partial charge is 0.353 e. The summed E-state index contributed by atoms with van der Waals surface area (Å²) in [4.78, 5) is 14.6. The smallest absolute Gasteiger partial charge is 0.220 e. The summed E-state index contributed by atoms with van der Waals surface area (Å²) in [6.45, 7) is 5.07. The van der Waals surface area contributed by atoms with Crippen LogP contribution in [0.3, 0.4) is 0 Å². The van der Waals surface area contributed by atoms with E-state index in [0.717, 1.165) is 32.5 Å². The highest BCUT2D eigenvalue weighted by Crippen LogP contribution is 2.15. The SMILES string of the molecule is Cc1cccc(CN2CCC(NC(=O)CCc3ccccc3F)CC2)c1. The summed E-state index contributed by atoms with van der Waals surface area (Å²) in [6.07, 6.45) is 2.73. The van der Waals surface area contributed by atoms with Gasteiger partial charge in [0.15, 0.2) is 0 Å². The van der Waals surface area contributed by atoms with Crippen molar-refractivity contribution in [2.24, 2.45) is 0 Å². The quantitative estimate of drug-likeness (QED) is 0.855. The van der Waals surface area contributed by atoms with E-state index in [1.807, 2.05) is 0 Å². The second kappa shape index (κ2) is 8.95. The monoisotopic (exact) mass is 354 g/mol. The van der Waals surface area contributed by atoms with Crippen LogP contribution >= 0.6 is 0 Å². The second-order valence-corrected chi connectivity index (χ2v) is 7.20. The molecule has 2 aromatic rings. The molecule has 1 N–H and O–H groups in total. The maximum absolute atomic E-state index is 13.6. The molecule has 1 aliphatic heterocycles. The van der Waals surface area contributed by atoms with Crippen molar-refractivity contribution in [3.05, 3.63) is 71.0 Å². The lowest BCUT2D eigenvalue weighted by Crippen LogP contribution is -2.44. The van der Waals surface area contributed by atoms with Gasteiger partial charge in [0.2, 0.25) is 5.91 Å². The standard InChI is InChI=1S/C22H27FN2O/c1-17-5-4-6-18(15-17)16-25-13-11-20(12-14-25)24-22(26)10-9-19-7-2-3-8-21(19)23/h2-8,15,20H,9-14,16H2,1H3,(H,24,26). The van der Waals surface area contributed by atoms with E-state index in [1.165, 1.54) is 17.2 Å². The van der Waals surface area contributed by atoms with Crippen molar-refractivity contribution in [2.45, 2.75) is 45.2 Å². The van der Waals surface area contributed by atoms with Crippen LogP contribution in [0.15, 0.2) is 48.5 Å². The van der Waals surface area contributed by atoms with E-state index in [1.54, 1.807) is 18.2 Å². The number of likely N-dealkylation sites (tertiary alicyclic amines) is 1. The highest BCUT2D eigenvalue weighted by molar-refractivity contribution is 5.76. The van der Waals surface area contributed by atoms with Gasteiger partial charge >= 0.3 is 0 Å². The predicted octanol–water partition coefficient (Wildman–Crippen LogP) is 3.85.